The SMILES string of the molecule is CC1CCC(C(=O)O)CN1Cc1cnc(C(C)(C)C)s1. The number of piperidine rings is 1. The van der Waals surface area contributed by atoms with Gasteiger partial charge in [0.15, 0.2) is 0 Å². The summed E-state index contributed by atoms with van der Waals surface area (Å²) < 4.78 is 0. The highest BCUT2D eigenvalue weighted by atomic mass is 32.1. The van der Waals surface area contributed by atoms with Crippen LogP contribution in [0.5, 0.6) is 0 Å². The second kappa shape index (κ2) is 5.82. The van der Waals surface area contributed by atoms with Crippen molar-refractivity contribution in [3.63, 3.8) is 0 Å². The Bertz CT molecular complexity index is 478. The molecule has 1 fully saturated rings. The number of carbonyl (C=O) groups is 1. The summed E-state index contributed by atoms with van der Waals surface area (Å²) in [6.07, 6.45) is 3.70. The van der Waals surface area contributed by atoms with Crippen molar-refractivity contribution in [2.75, 3.05) is 6.54 Å². The van der Waals surface area contributed by atoms with Gasteiger partial charge in [-0.05, 0) is 19.8 Å². The minimum absolute atomic E-state index is 0.0834. The third kappa shape index (κ3) is 3.58. The molecule has 5 heteroatoms. The second-order valence-corrected chi connectivity index (χ2v) is 7.89. The summed E-state index contributed by atoms with van der Waals surface area (Å²) in [5.41, 5.74) is 0.0834. The molecule has 112 valence electrons. The Balaban J connectivity index is 2.04. The molecule has 1 aliphatic heterocycles. The average Bonchev–Trinajstić information content (AvgIpc) is 2.80. The largest absolute Gasteiger partial charge is 0.481 e. The number of carboxylic acid groups (broad SMARTS) is 1. The molecule has 2 heterocycles. The van der Waals surface area contributed by atoms with Crippen LogP contribution in [0, 0.1) is 5.92 Å². The van der Waals surface area contributed by atoms with Gasteiger partial charge in [0.2, 0.25) is 0 Å². The number of aromatic nitrogens is 1. The molecule has 2 rings (SSSR count). The Kier molecular flexibility index (Phi) is 4.49. The maximum atomic E-state index is 11.2. The number of aliphatic carboxylic acids is 1. The Morgan fingerprint density at radius 3 is 2.75 bits per heavy atom. The summed E-state index contributed by atoms with van der Waals surface area (Å²) in [5.74, 6) is -0.886. The van der Waals surface area contributed by atoms with E-state index in [4.69, 9.17) is 0 Å². The summed E-state index contributed by atoms with van der Waals surface area (Å²) in [4.78, 5) is 19.2. The molecule has 0 aliphatic carbocycles. The normalized spacial score (nSPS) is 24.8. The molecule has 1 saturated heterocycles. The fraction of sp³-hybridized carbons (Fsp3) is 0.733. The van der Waals surface area contributed by atoms with Crippen molar-refractivity contribution in [1.82, 2.24) is 9.88 Å². The highest BCUT2D eigenvalue weighted by Crippen LogP contribution is 2.29. The average molecular weight is 296 g/mol. The van der Waals surface area contributed by atoms with Crippen LogP contribution in [0.4, 0.5) is 0 Å². The lowest BCUT2D eigenvalue weighted by atomic mass is 9.93. The fourth-order valence-corrected chi connectivity index (χ4v) is 3.52. The van der Waals surface area contributed by atoms with Gasteiger partial charge in [0.05, 0.1) is 10.9 Å². The van der Waals surface area contributed by atoms with Gasteiger partial charge in [-0.25, -0.2) is 4.98 Å². The van der Waals surface area contributed by atoms with Crippen molar-refractivity contribution in [3.8, 4) is 0 Å². The summed E-state index contributed by atoms with van der Waals surface area (Å²) in [6.45, 7) is 10.2. The minimum Gasteiger partial charge on any atom is -0.481 e. The molecule has 0 radical (unpaired) electrons. The van der Waals surface area contributed by atoms with Crippen molar-refractivity contribution in [2.45, 2.75) is 58.5 Å². The van der Waals surface area contributed by atoms with E-state index in [1.165, 1.54) is 4.88 Å². The van der Waals surface area contributed by atoms with Crippen LogP contribution in [0.25, 0.3) is 0 Å². The van der Waals surface area contributed by atoms with Crippen LogP contribution in [-0.2, 0) is 16.8 Å². The Labute approximate surface area is 124 Å². The molecule has 20 heavy (non-hydrogen) atoms. The van der Waals surface area contributed by atoms with E-state index < -0.39 is 5.97 Å². The first kappa shape index (κ1) is 15.4. The van der Waals surface area contributed by atoms with Crippen molar-refractivity contribution in [2.24, 2.45) is 5.92 Å². The van der Waals surface area contributed by atoms with Crippen LogP contribution < -0.4 is 0 Å². The van der Waals surface area contributed by atoms with Gasteiger partial charge in [0, 0.05) is 35.6 Å². The van der Waals surface area contributed by atoms with Gasteiger partial charge in [-0.15, -0.1) is 11.3 Å². The molecular formula is C15H24N2O2S. The van der Waals surface area contributed by atoms with Gasteiger partial charge < -0.3 is 5.11 Å². The Morgan fingerprint density at radius 1 is 1.50 bits per heavy atom. The lowest BCUT2D eigenvalue weighted by Gasteiger charge is -2.36. The summed E-state index contributed by atoms with van der Waals surface area (Å²) in [7, 11) is 0. The van der Waals surface area contributed by atoms with Crippen molar-refractivity contribution < 1.29 is 9.90 Å². The zero-order valence-electron chi connectivity index (χ0n) is 12.7. The smallest absolute Gasteiger partial charge is 0.307 e. The van der Waals surface area contributed by atoms with Crippen molar-refractivity contribution in [1.29, 1.82) is 0 Å². The number of rotatable bonds is 3. The van der Waals surface area contributed by atoms with E-state index in [0.29, 0.717) is 12.6 Å². The van der Waals surface area contributed by atoms with Crippen LogP contribution in [0.2, 0.25) is 0 Å². The third-order valence-electron chi connectivity index (χ3n) is 3.91. The minimum atomic E-state index is -0.665. The second-order valence-electron chi connectivity index (χ2n) is 6.77. The Hall–Kier alpha value is -0.940. The summed E-state index contributed by atoms with van der Waals surface area (Å²) in [5, 5.41) is 10.3. The van der Waals surface area contributed by atoms with Gasteiger partial charge in [0.1, 0.15) is 0 Å². The number of carboxylic acids is 1. The van der Waals surface area contributed by atoms with E-state index in [9.17, 15) is 9.90 Å². The molecule has 4 nitrogen and oxygen atoms in total. The molecule has 2 unspecified atom stereocenters. The van der Waals surface area contributed by atoms with Crippen LogP contribution in [0.3, 0.4) is 0 Å². The zero-order chi connectivity index (χ0) is 14.9. The molecule has 0 amide bonds. The van der Waals surface area contributed by atoms with Gasteiger partial charge in [0.25, 0.3) is 0 Å². The molecule has 0 spiro atoms. The third-order valence-corrected chi connectivity index (χ3v) is 5.32. The monoisotopic (exact) mass is 296 g/mol. The molecule has 0 saturated carbocycles. The summed E-state index contributed by atoms with van der Waals surface area (Å²) in [6, 6.07) is 0.450. The van der Waals surface area contributed by atoms with E-state index in [1.54, 1.807) is 11.3 Å². The quantitative estimate of drug-likeness (QED) is 0.931. The van der Waals surface area contributed by atoms with E-state index in [2.05, 4.69) is 37.6 Å². The van der Waals surface area contributed by atoms with Crippen LogP contribution in [0.15, 0.2) is 6.20 Å². The molecule has 0 aromatic carbocycles. The van der Waals surface area contributed by atoms with Gasteiger partial charge in [-0.1, -0.05) is 20.8 Å². The molecule has 2 atom stereocenters. The van der Waals surface area contributed by atoms with Gasteiger partial charge >= 0.3 is 5.97 Å². The zero-order valence-corrected chi connectivity index (χ0v) is 13.5. The van der Waals surface area contributed by atoms with Crippen LogP contribution in [-0.4, -0.2) is 33.5 Å². The molecule has 1 N–H and O–H groups in total. The first-order chi connectivity index (χ1) is 9.27. The maximum absolute atomic E-state index is 11.2. The Morgan fingerprint density at radius 2 is 2.20 bits per heavy atom. The van der Waals surface area contributed by atoms with Crippen molar-refractivity contribution >= 4 is 17.3 Å². The predicted molar refractivity (Wildman–Crippen MR) is 81.0 cm³/mol. The number of thiazole rings is 1. The number of nitrogens with zero attached hydrogens (tertiary/aromatic N) is 2. The molecule has 1 aliphatic rings. The van der Waals surface area contributed by atoms with Crippen LogP contribution in [0.1, 0.15) is 50.4 Å². The van der Waals surface area contributed by atoms with Gasteiger partial charge in [-0.3, -0.25) is 9.69 Å². The van der Waals surface area contributed by atoms with E-state index in [0.717, 1.165) is 24.4 Å². The molecular weight excluding hydrogens is 272 g/mol. The number of likely N-dealkylation sites (tertiary alicyclic amines) is 1. The molecule has 1 aromatic rings. The van der Waals surface area contributed by atoms with Crippen LogP contribution >= 0.6 is 11.3 Å². The molecule has 1 aromatic heterocycles. The summed E-state index contributed by atoms with van der Waals surface area (Å²) >= 11 is 1.74. The fourth-order valence-electron chi connectivity index (χ4n) is 2.53. The highest BCUT2D eigenvalue weighted by Gasteiger charge is 2.30. The topological polar surface area (TPSA) is 53.4 Å². The van der Waals surface area contributed by atoms with E-state index in [1.807, 2.05) is 6.20 Å². The standard InChI is InChI=1S/C15H24N2O2S/c1-10-5-6-11(13(18)19)8-17(10)9-12-7-16-14(20-12)15(2,3)4/h7,10-11H,5-6,8-9H2,1-4H3,(H,18,19). The van der Waals surface area contributed by atoms with Crippen molar-refractivity contribution in [3.05, 3.63) is 16.1 Å². The van der Waals surface area contributed by atoms with E-state index >= 15 is 0 Å². The number of hydrogen-bond acceptors (Lipinski definition) is 4. The highest BCUT2D eigenvalue weighted by molar-refractivity contribution is 7.11. The number of hydrogen-bond donors (Lipinski definition) is 1. The first-order valence-electron chi connectivity index (χ1n) is 7.19. The first-order valence-corrected chi connectivity index (χ1v) is 8.01. The molecule has 0 bridgehead atoms. The van der Waals surface area contributed by atoms with Gasteiger partial charge in [-0.2, -0.15) is 0 Å². The lowest BCUT2D eigenvalue weighted by Crippen LogP contribution is -2.43. The predicted octanol–water partition coefficient (Wildman–Crippen LogP) is 3.13. The van der Waals surface area contributed by atoms with E-state index in [-0.39, 0.29) is 11.3 Å². The lowest BCUT2D eigenvalue weighted by molar-refractivity contribution is -0.144. The maximum Gasteiger partial charge on any atom is 0.307 e.